The molecule has 312 valence electrons. The highest BCUT2D eigenvalue weighted by atomic mass is 16.7. The molecule has 4 rings (SSSR count). The number of Topliss-reactive ketones (excluding diaryl/α,β-unsaturated/α-hetero) is 2. The summed E-state index contributed by atoms with van der Waals surface area (Å²) in [6.45, 7) is 10.7. The van der Waals surface area contributed by atoms with E-state index < -0.39 is 83.9 Å². The largest absolute Gasteiger partial charge is 0.456 e. The van der Waals surface area contributed by atoms with Crippen molar-refractivity contribution in [3.63, 3.8) is 0 Å². The lowest BCUT2D eigenvalue weighted by atomic mass is 9.81. The van der Waals surface area contributed by atoms with E-state index in [-0.39, 0.29) is 43.1 Å². The highest BCUT2D eigenvalue weighted by molar-refractivity contribution is 6.39. The molecule has 1 unspecified atom stereocenters. The third-order valence-corrected chi connectivity index (χ3v) is 12.9. The fourth-order valence-corrected chi connectivity index (χ4v) is 9.04. The summed E-state index contributed by atoms with van der Waals surface area (Å²) in [5.74, 6) is -8.10. The number of aliphatic hydroxyl groups is 4. The summed E-state index contributed by atoms with van der Waals surface area (Å²) >= 11 is 0. The van der Waals surface area contributed by atoms with E-state index in [4.69, 9.17) is 18.9 Å². The molecule has 3 heterocycles. The molecule has 14 atom stereocenters. The Kier molecular flexibility index (Phi) is 16.2. The maximum atomic E-state index is 14.2. The number of amides is 1. The molecule has 1 aliphatic carbocycles. The topological polar surface area (TPSA) is 189 Å². The summed E-state index contributed by atoms with van der Waals surface area (Å²) in [5.41, 5.74) is 1.23. The minimum absolute atomic E-state index is 0.0142. The average molecular weight is 778 g/mol. The zero-order chi connectivity index (χ0) is 40.8. The average Bonchev–Trinajstić information content (AvgIpc) is 3.17. The number of carbonyl (C=O) groups excluding carboxylic acids is 4. The minimum Gasteiger partial charge on any atom is -0.456 e. The van der Waals surface area contributed by atoms with Crippen LogP contribution in [-0.4, -0.2) is 124 Å². The van der Waals surface area contributed by atoms with E-state index in [2.05, 4.69) is 0 Å². The molecular weight excluding hydrogens is 710 g/mol. The van der Waals surface area contributed by atoms with Gasteiger partial charge in [0.25, 0.3) is 11.7 Å². The lowest BCUT2D eigenvalue weighted by molar-refractivity contribution is -0.278. The van der Waals surface area contributed by atoms with Gasteiger partial charge in [0.15, 0.2) is 0 Å². The first kappa shape index (κ1) is 45.2. The molecule has 3 fully saturated rings. The Bertz CT molecular complexity index is 1410. The quantitative estimate of drug-likeness (QED) is 0.180. The van der Waals surface area contributed by atoms with Crippen LogP contribution in [0.25, 0.3) is 0 Å². The van der Waals surface area contributed by atoms with Crippen LogP contribution in [0.1, 0.15) is 112 Å². The van der Waals surface area contributed by atoms with E-state index >= 15 is 0 Å². The third-order valence-electron chi connectivity index (χ3n) is 12.9. The van der Waals surface area contributed by atoms with Crippen LogP contribution in [0.3, 0.4) is 0 Å². The Morgan fingerprint density at radius 2 is 1.64 bits per heavy atom. The number of ketones is 2. The molecule has 13 nitrogen and oxygen atoms in total. The first-order valence-corrected chi connectivity index (χ1v) is 20.4. The van der Waals surface area contributed by atoms with Gasteiger partial charge in [0.05, 0.1) is 36.6 Å². The number of piperidine rings is 1. The molecule has 1 amide bonds. The maximum absolute atomic E-state index is 14.2. The molecule has 4 N–H and O–H groups in total. The van der Waals surface area contributed by atoms with Gasteiger partial charge in [-0.05, 0) is 101 Å². The summed E-state index contributed by atoms with van der Waals surface area (Å²) < 4.78 is 23.7. The standard InChI is InChI=1S/C42H67NO12/c1-9-29-19-23(2)37(47)24(3)20-36(53-8)34-16-13-26(5)42(51,55-34)39(48)40(49)43-17-11-10-12-30(43)41(50)54-38(27(6)32(45)22-33(29)46)25(4)18-28-14-15-31(44)35(21-28)52-7/h18-19,24,26-32,34-38,44-45,47,51H,9-17,20-22H2,1-8H3/b23-19+,25-18+/t24-,26-,27-,28+,29-,30+,31-,32+,34+,35-,36+,37?,38-,42-/m1/s1. The lowest BCUT2D eigenvalue weighted by Crippen LogP contribution is -2.61. The lowest BCUT2D eigenvalue weighted by Gasteiger charge is -2.44. The Labute approximate surface area is 326 Å². The van der Waals surface area contributed by atoms with Gasteiger partial charge < -0.3 is 44.3 Å². The Morgan fingerprint density at radius 3 is 2.29 bits per heavy atom. The molecule has 0 aromatic carbocycles. The summed E-state index contributed by atoms with van der Waals surface area (Å²) in [6.07, 6.45) is 2.61. The summed E-state index contributed by atoms with van der Waals surface area (Å²) in [6, 6.07) is -1.13. The number of aliphatic hydroxyl groups excluding tert-OH is 3. The highest BCUT2D eigenvalue weighted by Crippen LogP contribution is 2.38. The van der Waals surface area contributed by atoms with Crippen LogP contribution in [0, 0.1) is 29.6 Å². The van der Waals surface area contributed by atoms with Gasteiger partial charge in [-0.3, -0.25) is 14.4 Å². The van der Waals surface area contributed by atoms with Crippen molar-refractivity contribution in [3.8, 4) is 0 Å². The zero-order valence-corrected chi connectivity index (χ0v) is 34.1. The van der Waals surface area contributed by atoms with Crippen molar-refractivity contribution in [2.75, 3.05) is 20.8 Å². The van der Waals surface area contributed by atoms with Crippen LogP contribution in [0.4, 0.5) is 0 Å². The van der Waals surface area contributed by atoms with Crippen LogP contribution < -0.4 is 0 Å². The van der Waals surface area contributed by atoms with Crippen LogP contribution in [0.2, 0.25) is 0 Å². The Balaban J connectivity index is 1.76. The number of esters is 1. The number of ether oxygens (including phenoxy) is 4. The molecule has 4 aliphatic rings. The fourth-order valence-electron chi connectivity index (χ4n) is 9.04. The number of methoxy groups -OCH3 is 2. The predicted octanol–water partition coefficient (Wildman–Crippen LogP) is 3.82. The van der Waals surface area contributed by atoms with Gasteiger partial charge >= 0.3 is 5.97 Å². The second-order valence-corrected chi connectivity index (χ2v) is 16.8. The monoisotopic (exact) mass is 777 g/mol. The molecule has 1 saturated carbocycles. The molecular formula is C42H67NO12. The molecule has 13 heteroatoms. The van der Waals surface area contributed by atoms with Crippen molar-refractivity contribution in [3.05, 3.63) is 23.3 Å². The second kappa shape index (κ2) is 19.8. The number of nitrogens with zero attached hydrogens (tertiary/aromatic N) is 1. The summed E-state index contributed by atoms with van der Waals surface area (Å²) in [7, 11) is 3.04. The Morgan fingerprint density at radius 1 is 0.945 bits per heavy atom. The number of carbonyl (C=O) groups is 4. The molecule has 0 aromatic heterocycles. The number of hydrogen-bond donors (Lipinski definition) is 4. The van der Waals surface area contributed by atoms with E-state index in [1.807, 2.05) is 19.9 Å². The number of cyclic esters (lactones) is 1. The van der Waals surface area contributed by atoms with Gasteiger partial charge in [0.2, 0.25) is 5.79 Å². The van der Waals surface area contributed by atoms with Crippen molar-refractivity contribution in [2.24, 2.45) is 29.6 Å². The van der Waals surface area contributed by atoms with Crippen molar-refractivity contribution in [1.82, 2.24) is 4.90 Å². The van der Waals surface area contributed by atoms with Gasteiger partial charge in [-0.1, -0.05) is 39.8 Å². The minimum atomic E-state index is -2.47. The highest BCUT2D eigenvalue weighted by Gasteiger charge is 2.54. The second-order valence-electron chi connectivity index (χ2n) is 16.8. The van der Waals surface area contributed by atoms with E-state index in [9.17, 15) is 39.6 Å². The molecule has 3 aliphatic heterocycles. The first-order valence-electron chi connectivity index (χ1n) is 20.4. The zero-order valence-electron chi connectivity index (χ0n) is 34.1. The van der Waals surface area contributed by atoms with Gasteiger partial charge in [-0.15, -0.1) is 0 Å². The molecule has 55 heavy (non-hydrogen) atoms. The van der Waals surface area contributed by atoms with E-state index in [0.717, 1.165) is 0 Å². The number of allylic oxidation sites excluding steroid dienone is 2. The molecule has 0 aromatic rings. The molecule has 2 saturated heterocycles. The van der Waals surface area contributed by atoms with E-state index in [0.29, 0.717) is 68.9 Å². The summed E-state index contributed by atoms with van der Waals surface area (Å²) in [5, 5.41) is 45.3. The molecule has 0 spiro atoms. The summed E-state index contributed by atoms with van der Waals surface area (Å²) in [4.78, 5) is 57.3. The molecule has 0 radical (unpaired) electrons. The smallest absolute Gasteiger partial charge is 0.329 e. The number of fused-ring (bicyclic) bond motifs is 3. The third kappa shape index (κ3) is 10.5. The van der Waals surface area contributed by atoms with E-state index in [1.165, 1.54) is 12.0 Å². The van der Waals surface area contributed by atoms with Crippen LogP contribution in [0.15, 0.2) is 23.3 Å². The normalized spacial score (nSPS) is 42.1. The van der Waals surface area contributed by atoms with E-state index in [1.54, 1.807) is 40.9 Å². The van der Waals surface area contributed by atoms with Gasteiger partial charge in [-0.2, -0.15) is 0 Å². The van der Waals surface area contributed by atoms with Crippen molar-refractivity contribution in [2.45, 2.75) is 167 Å². The van der Waals surface area contributed by atoms with Crippen molar-refractivity contribution in [1.29, 1.82) is 0 Å². The number of hydrogen-bond acceptors (Lipinski definition) is 12. The van der Waals surface area contributed by atoms with Crippen molar-refractivity contribution < 1.29 is 58.6 Å². The Hall–Kier alpha value is -2.52. The molecule has 2 bridgehead atoms. The van der Waals surface area contributed by atoms with Crippen LogP contribution in [-0.2, 0) is 38.1 Å². The predicted molar refractivity (Wildman–Crippen MR) is 203 cm³/mol. The van der Waals surface area contributed by atoms with Crippen LogP contribution in [0.5, 0.6) is 0 Å². The van der Waals surface area contributed by atoms with Gasteiger partial charge in [-0.25, -0.2) is 4.79 Å². The van der Waals surface area contributed by atoms with Gasteiger partial charge in [0.1, 0.15) is 17.9 Å². The fraction of sp³-hybridized carbons (Fsp3) is 0.810. The van der Waals surface area contributed by atoms with Crippen LogP contribution >= 0.6 is 0 Å². The maximum Gasteiger partial charge on any atom is 0.329 e. The first-order chi connectivity index (χ1) is 26.0. The van der Waals surface area contributed by atoms with Crippen molar-refractivity contribution >= 4 is 23.4 Å². The SMILES string of the molecule is CC[C@@H]1/C=C(\C)C(O)[C@H](C)C[C@H](OC)[C@@H]2CC[C@@H](C)[C@@](O)(O2)C(=O)C(=O)N2CCCC[C@H]2C(=O)O[C@H](/C(C)=C/[C@@H]2CC[C@@H](O)[C@H](OC)C2)[C@H](C)[C@@H](O)CC1=O. The van der Waals surface area contributed by atoms with Gasteiger partial charge in [0, 0.05) is 44.9 Å². The number of rotatable bonds is 5.